The molecular weight excluding hydrogens is 228 g/mol. The molecule has 82 valence electrons. The molecule has 2 nitrogen and oxygen atoms in total. The van der Waals surface area contributed by atoms with E-state index >= 15 is 0 Å². The summed E-state index contributed by atoms with van der Waals surface area (Å²) in [5.41, 5.74) is 1.08. The van der Waals surface area contributed by atoms with Crippen molar-refractivity contribution in [3.8, 4) is 0 Å². The standard InChI is InChI=1S/C11H15ClN2S/c12-11-4-1-3-10(13-11)9-14-5-2-7-15-8-6-14/h1,3-4H,2,5-9H2. The van der Waals surface area contributed by atoms with Crippen LogP contribution < -0.4 is 0 Å². The van der Waals surface area contributed by atoms with Gasteiger partial charge >= 0.3 is 0 Å². The molecule has 0 unspecified atom stereocenters. The Balaban J connectivity index is 1.95. The van der Waals surface area contributed by atoms with Gasteiger partial charge in [0.2, 0.25) is 0 Å². The van der Waals surface area contributed by atoms with Gasteiger partial charge in [-0.15, -0.1) is 0 Å². The molecule has 0 atom stereocenters. The zero-order valence-corrected chi connectivity index (χ0v) is 10.2. The number of nitrogens with zero attached hydrogens (tertiary/aromatic N) is 2. The Morgan fingerprint density at radius 1 is 1.33 bits per heavy atom. The molecule has 0 bridgehead atoms. The third-order valence-electron chi connectivity index (χ3n) is 2.47. The first-order valence-electron chi connectivity index (χ1n) is 5.26. The third kappa shape index (κ3) is 3.67. The van der Waals surface area contributed by atoms with E-state index in [0.29, 0.717) is 5.15 Å². The highest BCUT2D eigenvalue weighted by molar-refractivity contribution is 7.99. The Labute approximate surface area is 100 Å². The van der Waals surface area contributed by atoms with E-state index in [-0.39, 0.29) is 0 Å². The summed E-state index contributed by atoms with van der Waals surface area (Å²) < 4.78 is 0. The van der Waals surface area contributed by atoms with Gasteiger partial charge in [0, 0.05) is 18.8 Å². The molecule has 1 aliphatic heterocycles. The molecule has 1 fully saturated rings. The van der Waals surface area contributed by atoms with Crippen molar-refractivity contribution < 1.29 is 0 Å². The lowest BCUT2D eigenvalue weighted by Crippen LogP contribution is -2.25. The van der Waals surface area contributed by atoms with Gasteiger partial charge in [0.25, 0.3) is 0 Å². The van der Waals surface area contributed by atoms with Gasteiger partial charge < -0.3 is 0 Å². The first kappa shape index (κ1) is 11.2. The number of hydrogen-bond donors (Lipinski definition) is 0. The molecule has 2 heterocycles. The van der Waals surface area contributed by atoms with Crippen LogP contribution in [-0.4, -0.2) is 34.5 Å². The van der Waals surface area contributed by atoms with Gasteiger partial charge in [0.1, 0.15) is 5.15 Å². The van der Waals surface area contributed by atoms with Crippen LogP contribution in [0.3, 0.4) is 0 Å². The molecule has 1 aromatic rings. The highest BCUT2D eigenvalue weighted by Crippen LogP contribution is 2.13. The van der Waals surface area contributed by atoms with Gasteiger partial charge in [-0.3, -0.25) is 4.90 Å². The summed E-state index contributed by atoms with van der Waals surface area (Å²) in [6, 6.07) is 5.84. The molecule has 1 aromatic heterocycles. The van der Waals surface area contributed by atoms with Gasteiger partial charge in [0.15, 0.2) is 0 Å². The fourth-order valence-corrected chi connectivity index (χ4v) is 2.83. The van der Waals surface area contributed by atoms with Crippen molar-refractivity contribution in [3.63, 3.8) is 0 Å². The second-order valence-electron chi connectivity index (χ2n) is 3.69. The summed E-state index contributed by atoms with van der Waals surface area (Å²) in [6.07, 6.45) is 1.28. The van der Waals surface area contributed by atoms with Crippen molar-refractivity contribution in [2.24, 2.45) is 0 Å². The maximum absolute atomic E-state index is 5.86. The van der Waals surface area contributed by atoms with Gasteiger partial charge in [-0.2, -0.15) is 11.8 Å². The minimum atomic E-state index is 0.594. The molecule has 15 heavy (non-hydrogen) atoms. The van der Waals surface area contributed by atoms with Crippen molar-refractivity contribution in [1.82, 2.24) is 9.88 Å². The highest BCUT2D eigenvalue weighted by atomic mass is 35.5. The minimum Gasteiger partial charge on any atom is -0.297 e. The summed E-state index contributed by atoms with van der Waals surface area (Å²) >= 11 is 7.91. The maximum Gasteiger partial charge on any atom is 0.129 e. The third-order valence-corrected chi connectivity index (χ3v) is 3.73. The second kappa shape index (κ2) is 5.73. The average molecular weight is 243 g/mol. The lowest BCUT2D eigenvalue weighted by atomic mass is 10.3. The average Bonchev–Trinajstić information content (AvgIpc) is 2.46. The van der Waals surface area contributed by atoms with Gasteiger partial charge in [-0.05, 0) is 30.9 Å². The fraction of sp³-hybridized carbons (Fsp3) is 0.545. The summed E-state index contributed by atoms with van der Waals surface area (Å²) in [7, 11) is 0. The first-order valence-corrected chi connectivity index (χ1v) is 6.79. The van der Waals surface area contributed by atoms with E-state index in [2.05, 4.69) is 9.88 Å². The largest absolute Gasteiger partial charge is 0.297 e. The quantitative estimate of drug-likeness (QED) is 0.742. The number of aromatic nitrogens is 1. The van der Waals surface area contributed by atoms with Crippen LogP contribution in [0.1, 0.15) is 12.1 Å². The first-order chi connectivity index (χ1) is 7.34. The van der Waals surface area contributed by atoms with Crippen molar-refractivity contribution in [3.05, 3.63) is 29.0 Å². The van der Waals surface area contributed by atoms with E-state index in [0.717, 1.165) is 12.2 Å². The van der Waals surface area contributed by atoms with Crippen molar-refractivity contribution >= 4 is 23.4 Å². The number of thioether (sulfide) groups is 1. The monoisotopic (exact) mass is 242 g/mol. The van der Waals surface area contributed by atoms with Gasteiger partial charge in [-0.1, -0.05) is 17.7 Å². The molecule has 0 spiro atoms. The second-order valence-corrected chi connectivity index (χ2v) is 5.31. The lowest BCUT2D eigenvalue weighted by molar-refractivity contribution is 0.284. The predicted octanol–water partition coefficient (Wildman–Crippen LogP) is 2.67. The van der Waals surface area contributed by atoms with E-state index in [1.54, 1.807) is 0 Å². The van der Waals surface area contributed by atoms with E-state index in [1.165, 1.54) is 31.0 Å². The summed E-state index contributed by atoms with van der Waals surface area (Å²) in [4.78, 5) is 6.77. The summed E-state index contributed by atoms with van der Waals surface area (Å²) in [5.74, 6) is 2.53. The molecule has 0 aromatic carbocycles. The Kier molecular flexibility index (Phi) is 4.29. The highest BCUT2D eigenvalue weighted by Gasteiger charge is 2.10. The molecule has 1 saturated heterocycles. The minimum absolute atomic E-state index is 0.594. The molecule has 0 amide bonds. The smallest absolute Gasteiger partial charge is 0.129 e. The Bertz CT molecular complexity index is 311. The molecular formula is C11H15ClN2S. The Hall–Kier alpha value is -0.250. The van der Waals surface area contributed by atoms with Crippen molar-refractivity contribution in [2.45, 2.75) is 13.0 Å². The molecule has 0 aliphatic carbocycles. The van der Waals surface area contributed by atoms with Crippen molar-refractivity contribution in [1.29, 1.82) is 0 Å². The maximum atomic E-state index is 5.86. The summed E-state index contributed by atoms with van der Waals surface area (Å²) in [5, 5.41) is 0.594. The van der Waals surface area contributed by atoms with E-state index in [9.17, 15) is 0 Å². The van der Waals surface area contributed by atoms with E-state index in [1.807, 2.05) is 30.0 Å². The Morgan fingerprint density at radius 2 is 2.27 bits per heavy atom. The van der Waals surface area contributed by atoms with Crippen LogP contribution in [0.5, 0.6) is 0 Å². The zero-order valence-electron chi connectivity index (χ0n) is 8.66. The van der Waals surface area contributed by atoms with Crippen molar-refractivity contribution in [2.75, 3.05) is 24.6 Å². The van der Waals surface area contributed by atoms with Crippen LogP contribution in [0, 0.1) is 0 Å². The number of hydrogen-bond acceptors (Lipinski definition) is 3. The SMILES string of the molecule is Clc1cccc(CN2CCCSCC2)n1. The lowest BCUT2D eigenvalue weighted by Gasteiger charge is -2.18. The molecule has 4 heteroatoms. The Morgan fingerprint density at radius 3 is 3.13 bits per heavy atom. The number of pyridine rings is 1. The van der Waals surface area contributed by atoms with E-state index in [4.69, 9.17) is 11.6 Å². The zero-order chi connectivity index (χ0) is 10.5. The molecule has 0 N–H and O–H groups in total. The van der Waals surface area contributed by atoms with Crippen LogP contribution in [-0.2, 0) is 6.54 Å². The molecule has 2 rings (SSSR count). The van der Waals surface area contributed by atoms with Crippen LogP contribution in [0.2, 0.25) is 5.15 Å². The van der Waals surface area contributed by atoms with Gasteiger partial charge in [0.05, 0.1) is 5.69 Å². The van der Waals surface area contributed by atoms with Gasteiger partial charge in [-0.25, -0.2) is 4.98 Å². The normalized spacial score (nSPS) is 18.7. The molecule has 0 saturated carbocycles. The number of rotatable bonds is 2. The molecule has 1 aliphatic rings. The fourth-order valence-electron chi connectivity index (χ4n) is 1.72. The molecule has 0 radical (unpaired) electrons. The van der Waals surface area contributed by atoms with Crippen LogP contribution in [0.25, 0.3) is 0 Å². The topological polar surface area (TPSA) is 16.1 Å². The predicted molar refractivity (Wildman–Crippen MR) is 66.5 cm³/mol. The number of halogens is 1. The van der Waals surface area contributed by atoms with E-state index < -0.39 is 0 Å². The van der Waals surface area contributed by atoms with Crippen LogP contribution in [0.15, 0.2) is 18.2 Å². The van der Waals surface area contributed by atoms with Crippen LogP contribution in [0.4, 0.5) is 0 Å². The van der Waals surface area contributed by atoms with Crippen LogP contribution >= 0.6 is 23.4 Å². The summed E-state index contributed by atoms with van der Waals surface area (Å²) in [6.45, 7) is 3.28.